The lowest BCUT2D eigenvalue weighted by molar-refractivity contribution is -0.127. The second-order valence-corrected chi connectivity index (χ2v) is 8.04. The number of ether oxygens (including phenoxy) is 2. The van der Waals surface area contributed by atoms with Gasteiger partial charge in [0.05, 0.1) is 0 Å². The first-order valence-corrected chi connectivity index (χ1v) is 10.1. The SMILES string of the molecule is O=C(NCC1(c2ccc(F)cc2)CCOCC1)[C@@H]1CSc2ccccc2O1. The minimum atomic E-state index is -0.505. The van der Waals surface area contributed by atoms with Crippen molar-refractivity contribution in [2.75, 3.05) is 25.5 Å². The van der Waals surface area contributed by atoms with E-state index in [0.29, 0.717) is 25.5 Å². The highest BCUT2D eigenvalue weighted by Gasteiger charge is 2.36. The lowest BCUT2D eigenvalue weighted by atomic mass is 9.74. The molecular weight excluding hydrogens is 365 g/mol. The van der Waals surface area contributed by atoms with E-state index in [2.05, 4.69) is 5.32 Å². The van der Waals surface area contributed by atoms with E-state index in [1.54, 1.807) is 11.8 Å². The molecule has 142 valence electrons. The molecule has 1 amide bonds. The van der Waals surface area contributed by atoms with Crippen LogP contribution in [-0.4, -0.2) is 37.5 Å². The van der Waals surface area contributed by atoms with Crippen molar-refractivity contribution in [3.63, 3.8) is 0 Å². The number of nitrogens with one attached hydrogen (secondary N) is 1. The summed E-state index contributed by atoms with van der Waals surface area (Å²) in [6.45, 7) is 1.76. The molecule has 0 radical (unpaired) electrons. The molecule has 27 heavy (non-hydrogen) atoms. The molecule has 1 atom stereocenters. The molecule has 0 aromatic heterocycles. The number of hydrogen-bond donors (Lipinski definition) is 1. The summed E-state index contributed by atoms with van der Waals surface area (Å²) in [5.74, 6) is 0.990. The van der Waals surface area contributed by atoms with Gasteiger partial charge >= 0.3 is 0 Å². The van der Waals surface area contributed by atoms with Crippen LogP contribution in [0, 0.1) is 5.82 Å². The number of rotatable bonds is 4. The Hall–Kier alpha value is -2.05. The quantitative estimate of drug-likeness (QED) is 0.872. The van der Waals surface area contributed by atoms with Gasteiger partial charge in [-0.15, -0.1) is 11.8 Å². The Morgan fingerprint density at radius 1 is 1.15 bits per heavy atom. The highest BCUT2D eigenvalue weighted by atomic mass is 32.2. The lowest BCUT2D eigenvalue weighted by Gasteiger charge is -2.38. The Morgan fingerprint density at radius 2 is 1.89 bits per heavy atom. The Balaban J connectivity index is 1.45. The molecule has 2 heterocycles. The summed E-state index contributed by atoms with van der Waals surface area (Å²) in [6, 6.07) is 14.3. The van der Waals surface area contributed by atoms with Crippen molar-refractivity contribution in [2.45, 2.75) is 29.3 Å². The summed E-state index contributed by atoms with van der Waals surface area (Å²) in [6.07, 6.45) is 1.08. The minimum absolute atomic E-state index is 0.106. The van der Waals surface area contributed by atoms with E-state index in [0.717, 1.165) is 29.1 Å². The van der Waals surface area contributed by atoms with Crippen LogP contribution >= 0.6 is 11.8 Å². The number of benzene rings is 2. The van der Waals surface area contributed by atoms with Crippen molar-refractivity contribution in [3.8, 4) is 5.75 Å². The summed E-state index contributed by atoms with van der Waals surface area (Å²) >= 11 is 1.64. The van der Waals surface area contributed by atoms with E-state index in [1.807, 2.05) is 36.4 Å². The van der Waals surface area contributed by atoms with Gasteiger partial charge < -0.3 is 14.8 Å². The first-order chi connectivity index (χ1) is 13.2. The number of halogens is 1. The van der Waals surface area contributed by atoms with E-state index in [9.17, 15) is 9.18 Å². The third-order valence-electron chi connectivity index (χ3n) is 5.31. The second-order valence-electron chi connectivity index (χ2n) is 6.98. The molecule has 1 N–H and O–H groups in total. The Morgan fingerprint density at radius 3 is 2.67 bits per heavy atom. The highest BCUT2D eigenvalue weighted by Crippen LogP contribution is 2.36. The predicted molar refractivity (Wildman–Crippen MR) is 103 cm³/mol. The molecule has 0 bridgehead atoms. The van der Waals surface area contributed by atoms with Gasteiger partial charge in [-0.2, -0.15) is 0 Å². The van der Waals surface area contributed by atoms with Gasteiger partial charge in [-0.05, 0) is 42.7 Å². The largest absolute Gasteiger partial charge is 0.479 e. The van der Waals surface area contributed by atoms with Crippen LogP contribution < -0.4 is 10.1 Å². The Bertz CT molecular complexity index is 805. The molecule has 0 saturated carbocycles. The van der Waals surface area contributed by atoms with Crippen molar-refractivity contribution in [3.05, 3.63) is 59.9 Å². The minimum Gasteiger partial charge on any atom is -0.479 e. The molecule has 0 spiro atoms. The summed E-state index contributed by atoms with van der Waals surface area (Å²) in [4.78, 5) is 13.8. The summed E-state index contributed by atoms with van der Waals surface area (Å²) in [5, 5.41) is 3.08. The van der Waals surface area contributed by atoms with Gasteiger partial charge in [-0.25, -0.2) is 4.39 Å². The molecule has 1 fully saturated rings. The van der Waals surface area contributed by atoms with Crippen LogP contribution in [0.3, 0.4) is 0 Å². The second kappa shape index (κ2) is 7.90. The number of hydrogen-bond acceptors (Lipinski definition) is 4. The van der Waals surface area contributed by atoms with Crippen molar-refractivity contribution < 1.29 is 18.7 Å². The Kier molecular flexibility index (Phi) is 5.36. The van der Waals surface area contributed by atoms with Crippen molar-refractivity contribution in [1.29, 1.82) is 0 Å². The summed E-state index contributed by atoms with van der Waals surface area (Å²) in [7, 11) is 0. The molecule has 6 heteroatoms. The third kappa shape index (κ3) is 3.96. The van der Waals surface area contributed by atoms with Gasteiger partial charge in [-0.1, -0.05) is 24.3 Å². The Labute approximate surface area is 162 Å². The van der Waals surface area contributed by atoms with E-state index in [-0.39, 0.29) is 17.1 Å². The first kappa shape index (κ1) is 18.3. The van der Waals surface area contributed by atoms with Crippen molar-refractivity contribution in [1.82, 2.24) is 5.32 Å². The molecule has 2 aromatic carbocycles. The van der Waals surface area contributed by atoms with Crippen molar-refractivity contribution >= 4 is 17.7 Å². The molecule has 0 unspecified atom stereocenters. The average molecular weight is 387 g/mol. The van der Waals surface area contributed by atoms with Crippen LogP contribution in [0.25, 0.3) is 0 Å². The number of para-hydroxylation sites is 1. The molecular formula is C21H22FNO3S. The number of fused-ring (bicyclic) bond motifs is 1. The van der Waals surface area contributed by atoms with Crippen LogP contribution in [0.4, 0.5) is 4.39 Å². The normalized spacial score (nSPS) is 21.0. The maximum absolute atomic E-state index is 13.3. The van der Waals surface area contributed by atoms with Gasteiger partial charge in [0.1, 0.15) is 11.6 Å². The number of carbonyl (C=O) groups is 1. The van der Waals surface area contributed by atoms with Gasteiger partial charge in [0, 0.05) is 35.8 Å². The average Bonchev–Trinajstić information content (AvgIpc) is 2.73. The molecule has 2 aliphatic rings. The standard InChI is InChI=1S/C21H22FNO3S/c22-16-7-5-15(6-8-16)21(9-11-25-12-10-21)14-23-20(24)18-13-27-19-4-2-1-3-17(19)26-18/h1-8,18H,9-14H2,(H,23,24)/t18-/m0/s1. The highest BCUT2D eigenvalue weighted by molar-refractivity contribution is 7.99. The zero-order valence-electron chi connectivity index (χ0n) is 14.9. The van der Waals surface area contributed by atoms with Crippen LogP contribution in [0.1, 0.15) is 18.4 Å². The number of amides is 1. The molecule has 1 saturated heterocycles. The fourth-order valence-electron chi connectivity index (χ4n) is 3.65. The maximum atomic E-state index is 13.3. The smallest absolute Gasteiger partial charge is 0.261 e. The van der Waals surface area contributed by atoms with Gasteiger partial charge in [0.25, 0.3) is 5.91 Å². The van der Waals surface area contributed by atoms with Gasteiger partial charge in [-0.3, -0.25) is 4.79 Å². The molecule has 0 aliphatic carbocycles. The summed E-state index contributed by atoms with van der Waals surface area (Å²) < 4.78 is 24.7. The fraction of sp³-hybridized carbons (Fsp3) is 0.381. The van der Waals surface area contributed by atoms with Crippen LogP contribution in [0.15, 0.2) is 53.4 Å². The van der Waals surface area contributed by atoms with Crippen LogP contribution in [0.5, 0.6) is 5.75 Å². The summed E-state index contributed by atoms with van der Waals surface area (Å²) in [5.41, 5.74) is 0.804. The zero-order chi connectivity index (χ0) is 18.7. The van der Waals surface area contributed by atoms with E-state index in [1.165, 1.54) is 12.1 Å². The maximum Gasteiger partial charge on any atom is 0.261 e. The zero-order valence-corrected chi connectivity index (χ0v) is 15.8. The first-order valence-electron chi connectivity index (χ1n) is 9.16. The van der Waals surface area contributed by atoms with Gasteiger partial charge in [0.2, 0.25) is 0 Å². The van der Waals surface area contributed by atoms with Gasteiger partial charge in [0.15, 0.2) is 6.10 Å². The number of carbonyl (C=O) groups excluding carboxylic acids is 1. The van der Waals surface area contributed by atoms with Crippen LogP contribution in [-0.2, 0) is 14.9 Å². The van der Waals surface area contributed by atoms with E-state index in [4.69, 9.17) is 9.47 Å². The topological polar surface area (TPSA) is 47.6 Å². The predicted octanol–water partition coefficient (Wildman–Crippen LogP) is 3.54. The fourth-order valence-corrected chi connectivity index (χ4v) is 4.64. The number of thioether (sulfide) groups is 1. The van der Waals surface area contributed by atoms with Crippen LogP contribution in [0.2, 0.25) is 0 Å². The lowest BCUT2D eigenvalue weighted by Crippen LogP contribution is -2.49. The molecule has 4 rings (SSSR count). The van der Waals surface area contributed by atoms with E-state index < -0.39 is 6.10 Å². The van der Waals surface area contributed by atoms with Crippen molar-refractivity contribution in [2.24, 2.45) is 0 Å². The third-order valence-corrected chi connectivity index (χ3v) is 6.43. The molecule has 2 aromatic rings. The molecule has 2 aliphatic heterocycles. The van der Waals surface area contributed by atoms with E-state index >= 15 is 0 Å². The molecule has 4 nitrogen and oxygen atoms in total. The monoisotopic (exact) mass is 387 g/mol.